The molecule has 1 aliphatic rings. The fraction of sp³-hybridized carbons (Fsp3) is 0.333. The topological polar surface area (TPSA) is 82.2 Å². The Labute approximate surface area is 116 Å². The molecule has 0 aliphatic heterocycles. The van der Waals surface area contributed by atoms with Crippen molar-refractivity contribution in [1.29, 1.82) is 0 Å². The first-order valence-corrected chi connectivity index (χ1v) is 6.75. The number of carbonyl (C=O) groups is 2. The molecule has 1 aliphatic carbocycles. The van der Waals surface area contributed by atoms with Gasteiger partial charge in [-0.25, -0.2) is 0 Å². The van der Waals surface area contributed by atoms with Gasteiger partial charge in [0.1, 0.15) is 0 Å². The lowest BCUT2D eigenvalue weighted by Crippen LogP contribution is -2.33. The van der Waals surface area contributed by atoms with Crippen LogP contribution in [0.5, 0.6) is 0 Å². The summed E-state index contributed by atoms with van der Waals surface area (Å²) < 4.78 is 0. The Morgan fingerprint density at radius 2 is 2.10 bits per heavy atom. The Hall–Kier alpha value is -2.30. The SMILES string of the molecule is O=C(N[C@H]1CC[C@H](C(=O)O)C1)c1cccc2cc[nH]c12. The van der Waals surface area contributed by atoms with E-state index < -0.39 is 5.97 Å². The maximum Gasteiger partial charge on any atom is 0.306 e. The Morgan fingerprint density at radius 1 is 1.25 bits per heavy atom. The number of aromatic amines is 1. The molecule has 20 heavy (non-hydrogen) atoms. The fourth-order valence-electron chi connectivity index (χ4n) is 2.87. The van der Waals surface area contributed by atoms with Crippen LogP contribution in [-0.4, -0.2) is 28.0 Å². The highest BCUT2D eigenvalue weighted by Gasteiger charge is 2.30. The van der Waals surface area contributed by atoms with Crippen molar-refractivity contribution in [2.24, 2.45) is 5.92 Å². The van der Waals surface area contributed by atoms with E-state index in [4.69, 9.17) is 5.11 Å². The first kappa shape index (κ1) is 12.7. The molecule has 1 fully saturated rings. The highest BCUT2D eigenvalue weighted by molar-refractivity contribution is 6.05. The molecule has 0 bridgehead atoms. The molecule has 0 spiro atoms. The fourth-order valence-corrected chi connectivity index (χ4v) is 2.87. The van der Waals surface area contributed by atoms with Crippen LogP contribution in [0.2, 0.25) is 0 Å². The molecule has 0 saturated heterocycles. The van der Waals surface area contributed by atoms with Gasteiger partial charge in [0, 0.05) is 17.6 Å². The molecule has 1 saturated carbocycles. The first-order chi connectivity index (χ1) is 9.65. The van der Waals surface area contributed by atoms with Crippen LogP contribution in [-0.2, 0) is 4.79 Å². The molecule has 5 heteroatoms. The molecule has 2 atom stereocenters. The predicted octanol–water partition coefficient (Wildman–Crippen LogP) is 2.15. The number of H-pyrrole nitrogens is 1. The van der Waals surface area contributed by atoms with Crippen LogP contribution in [0.4, 0.5) is 0 Å². The van der Waals surface area contributed by atoms with Crippen LogP contribution >= 0.6 is 0 Å². The van der Waals surface area contributed by atoms with Gasteiger partial charge in [0.25, 0.3) is 5.91 Å². The van der Waals surface area contributed by atoms with Crippen molar-refractivity contribution in [1.82, 2.24) is 10.3 Å². The standard InChI is InChI=1S/C15H16N2O3/c18-14(17-11-5-4-10(8-11)15(19)20)12-3-1-2-9-6-7-16-13(9)12/h1-3,6-7,10-11,16H,4-5,8H2,(H,17,18)(H,19,20)/t10-,11-/m0/s1. The van der Waals surface area contributed by atoms with Gasteiger partial charge in [-0.3, -0.25) is 9.59 Å². The smallest absolute Gasteiger partial charge is 0.306 e. The third-order valence-corrected chi connectivity index (χ3v) is 3.95. The van der Waals surface area contributed by atoms with Crippen molar-refractivity contribution in [2.45, 2.75) is 25.3 Å². The van der Waals surface area contributed by atoms with Gasteiger partial charge in [-0.15, -0.1) is 0 Å². The molecule has 1 amide bonds. The van der Waals surface area contributed by atoms with Crippen molar-refractivity contribution in [2.75, 3.05) is 0 Å². The third kappa shape index (κ3) is 2.27. The molecule has 0 unspecified atom stereocenters. The summed E-state index contributed by atoms with van der Waals surface area (Å²) in [7, 11) is 0. The van der Waals surface area contributed by atoms with E-state index in [1.54, 1.807) is 12.3 Å². The molecule has 3 N–H and O–H groups in total. The summed E-state index contributed by atoms with van der Waals surface area (Å²) in [6.45, 7) is 0. The van der Waals surface area contributed by atoms with Gasteiger partial charge >= 0.3 is 5.97 Å². The van der Waals surface area contributed by atoms with Gasteiger partial charge in [-0.05, 0) is 31.4 Å². The average Bonchev–Trinajstić information content (AvgIpc) is 3.05. The zero-order valence-electron chi connectivity index (χ0n) is 10.9. The highest BCUT2D eigenvalue weighted by Crippen LogP contribution is 2.26. The van der Waals surface area contributed by atoms with E-state index in [0.29, 0.717) is 18.4 Å². The van der Waals surface area contributed by atoms with Crippen molar-refractivity contribution < 1.29 is 14.7 Å². The summed E-state index contributed by atoms with van der Waals surface area (Å²) in [6.07, 6.45) is 3.68. The van der Waals surface area contributed by atoms with E-state index in [1.807, 2.05) is 18.2 Å². The Morgan fingerprint density at radius 3 is 2.85 bits per heavy atom. The van der Waals surface area contributed by atoms with Crippen molar-refractivity contribution in [3.8, 4) is 0 Å². The zero-order valence-corrected chi connectivity index (χ0v) is 10.9. The molecule has 2 aromatic rings. The normalized spacial score (nSPS) is 22.0. The summed E-state index contributed by atoms with van der Waals surface area (Å²) in [5.41, 5.74) is 1.42. The van der Waals surface area contributed by atoms with E-state index in [1.165, 1.54) is 0 Å². The van der Waals surface area contributed by atoms with Gasteiger partial charge in [-0.1, -0.05) is 12.1 Å². The number of benzene rings is 1. The van der Waals surface area contributed by atoms with E-state index >= 15 is 0 Å². The number of hydrogen-bond acceptors (Lipinski definition) is 2. The quantitative estimate of drug-likeness (QED) is 0.800. The van der Waals surface area contributed by atoms with Gasteiger partial charge in [0.15, 0.2) is 0 Å². The molecule has 5 nitrogen and oxygen atoms in total. The number of amides is 1. The number of hydrogen-bond donors (Lipinski definition) is 3. The molecule has 1 aromatic heterocycles. The van der Waals surface area contributed by atoms with E-state index in [2.05, 4.69) is 10.3 Å². The van der Waals surface area contributed by atoms with Crippen LogP contribution in [0.25, 0.3) is 10.9 Å². The first-order valence-electron chi connectivity index (χ1n) is 6.75. The maximum atomic E-state index is 12.3. The third-order valence-electron chi connectivity index (χ3n) is 3.95. The summed E-state index contributed by atoms with van der Waals surface area (Å²) in [5.74, 6) is -1.25. The van der Waals surface area contributed by atoms with Crippen LogP contribution in [0.3, 0.4) is 0 Å². The lowest BCUT2D eigenvalue weighted by atomic mass is 10.1. The number of aromatic nitrogens is 1. The summed E-state index contributed by atoms with van der Waals surface area (Å²) in [4.78, 5) is 26.3. The van der Waals surface area contributed by atoms with Crippen LogP contribution in [0.1, 0.15) is 29.6 Å². The minimum Gasteiger partial charge on any atom is -0.481 e. The zero-order chi connectivity index (χ0) is 14.1. The minimum atomic E-state index is -0.770. The number of carbonyl (C=O) groups excluding carboxylic acids is 1. The molecule has 1 heterocycles. The summed E-state index contributed by atoms with van der Waals surface area (Å²) in [5, 5.41) is 12.9. The molecule has 3 rings (SSSR count). The lowest BCUT2D eigenvalue weighted by Gasteiger charge is -2.13. The second kappa shape index (κ2) is 5.00. The number of para-hydroxylation sites is 1. The Bertz CT molecular complexity index is 662. The Balaban J connectivity index is 1.74. The number of nitrogens with one attached hydrogen (secondary N) is 2. The van der Waals surface area contributed by atoms with Gasteiger partial charge in [0.2, 0.25) is 0 Å². The average molecular weight is 272 g/mol. The van der Waals surface area contributed by atoms with Gasteiger partial charge in [0.05, 0.1) is 17.0 Å². The number of carboxylic acids is 1. The Kier molecular flexibility index (Phi) is 3.18. The second-order valence-electron chi connectivity index (χ2n) is 5.27. The van der Waals surface area contributed by atoms with Gasteiger partial charge < -0.3 is 15.4 Å². The van der Waals surface area contributed by atoms with Crippen LogP contribution in [0.15, 0.2) is 30.5 Å². The largest absolute Gasteiger partial charge is 0.481 e. The van der Waals surface area contributed by atoms with Crippen LogP contribution < -0.4 is 5.32 Å². The predicted molar refractivity (Wildman–Crippen MR) is 74.5 cm³/mol. The lowest BCUT2D eigenvalue weighted by molar-refractivity contribution is -0.141. The number of carboxylic acid groups (broad SMARTS) is 1. The van der Waals surface area contributed by atoms with E-state index in [-0.39, 0.29) is 17.9 Å². The number of aliphatic carboxylic acids is 1. The van der Waals surface area contributed by atoms with E-state index in [9.17, 15) is 9.59 Å². The molecular weight excluding hydrogens is 256 g/mol. The second-order valence-corrected chi connectivity index (χ2v) is 5.27. The summed E-state index contributed by atoms with van der Waals surface area (Å²) >= 11 is 0. The summed E-state index contributed by atoms with van der Waals surface area (Å²) in [6, 6.07) is 7.44. The molecule has 1 aromatic carbocycles. The number of rotatable bonds is 3. The molecule has 0 radical (unpaired) electrons. The van der Waals surface area contributed by atoms with Crippen LogP contribution in [0, 0.1) is 5.92 Å². The monoisotopic (exact) mass is 272 g/mol. The van der Waals surface area contributed by atoms with Gasteiger partial charge in [-0.2, -0.15) is 0 Å². The van der Waals surface area contributed by atoms with Crippen molar-refractivity contribution in [3.63, 3.8) is 0 Å². The van der Waals surface area contributed by atoms with Crippen molar-refractivity contribution in [3.05, 3.63) is 36.0 Å². The van der Waals surface area contributed by atoms with Crippen molar-refractivity contribution >= 4 is 22.8 Å². The van der Waals surface area contributed by atoms with E-state index in [0.717, 1.165) is 17.3 Å². The molecule has 104 valence electrons. The molecular formula is C15H16N2O3. The highest BCUT2D eigenvalue weighted by atomic mass is 16.4. The maximum absolute atomic E-state index is 12.3. The number of fused-ring (bicyclic) bond motifs is 1. The minimum absolute atomic E-state index is 0.0474.